The van der Waals surface area contributed by atoms with Gasteiger partial charge in [0.25, 0.3) is 0 Å². The maximum atomic E-state index is 6.01. The minimum atomic E-state index is 0.350. The van der Waals surface area contributed by atoms with Gasteiger partial charge in [0.1, 0.15) is 0 Å². The first-order valence-electron chi connectivity index (χ1n) is 7.28. The molecule has 0 spiro atoms. The van der Waals surface area contributed by atoms with Gasteiger partial charge in [0.2, 0.25) is 0 Å². The molecule has 2 N–H and O–H groups in total. The normalized spacial score (nSPS) is 22.5. The molecule has 0 aromatic carbocycles. The molecule has 1 aromatic heterocycles. The van der Waals surface area contributed by atoms with Gasteiger partial charge in [-0.2, -0.15) is 5.10 Å². The van der Waals surface area contributed by atoms with Gasteiger partial charge in [-0.3, -0.25) is 9.58 Å². The maximum absolute atomic E-state index is 6.01. The van der Waals surface area contributed by atoms with E-state index in [1.807, 2.05) is 10.9 Å². The van der Waals surface area contributed by atoms with Crippen LogP contribution in [0.15, 0.2) is 12.4 Å². The highest BCUT2D eigenvalue weighted by atomic mass is 15.3. The molecule has 102 valence electrons. The lowest BCUT2D eigenvalue weighted by Gasteiger charge is -2.31. The van der Waals surface area contributed by atoms with Gasteiger partial charge in [0.15, 0.2) is 0 Å². The molecule has 2 rings (SSSR count). The van der Waals surface area contributed by atoms with Crippen molar-refractivity contribution in [1.29, 1.82) is 0 Å². The average Bonchev–Trinajstić information content (AvgIpc) is 3.00. The molecule has 1 aliphatic rings. The fourth-order valence-corrected chi connectivity index (χ4v) is 3.07. The fourth-order valence-electron chi connectivity index (χ4n) is 3.07. The van der Waals surface area contributed by atoms with E-state index in [1.54, 1.807) is 0 Å². The molecule has 0 amide bonds. The van der Waals surface area contributed by atoms with Gasteiger partial charge >= 0.3 is 0 Å². The van der Waals surface area contributed by atoms with Crippen LogP contribution < -0.4 is 5.73 Å². The summed E-state index contributed by atoms with van der Waals surface area (Å²) in [5.74, 6) is 0. The molecule has 0 radical (unpaired) electrons. The molecule has 18 heavy (non-hydrogen) atoms. The zero-order valence-electron chi connectivity index (χ0n) is 11.7. The Hall–Kier alpha value is -0.870. The number of hydrogen-bond donors (Lipinski definition) is 1. The quantitative estimate of drug-likeness (QED) is 0.841. The molecular formula is C14H26N4. The summed E-state index contributed by atoms with van der Waals surface area (Å²) >= 11 is 0. The summed E-state index contributed by atoms with van der Waals surface area (Å²) in [7, 11) is 0. The first kappa shape index (κ1) is 13.6. The van der Waals surface area contributed by atoms with Crippen molar-refractivity contribution in [2.24, 2.45) is 5.73 Å². The lowest BCUT2D eigenvalue weighted by Crippen LogP contribution is -2.37. The van der Waals surface area contributed by atoms with Crippen molar-refractivity contribution in [2.75, 3.05) is 13.1 Å². The summed E-state index contributed by atoms with van der Waals surface area (Å²) in [5, 5.41) is 4.43. The van der Waals surface area contributed by atoms with Crippen molar-refractivity contribution in [2.45, 2.75) is 58.2 Å². The summed E-state index contributed by atoms with van der Waals surface area (Å²) < 4.78 is 2.04. The summed E-state index contributed by atoms with van der Waals surface area (Å²) in [6.07, 6.45) is 9.13. The lowest BCUT2D eigenvalue weighted by atomic mass is 10.1. The molecule has 2 unspecified atom stereocenters. The van der Waals surface area contributed by atoms with E-state index in [2.05, 4.69) is 30.0 Å². The van der Waals surface area contributed by atoms with Crippen LogP contribution in [0.25, 0.3) is 0 Å². The van der Waals surface area contributed by atoms with Crippen molar-refractivity contribution in [3.8, 4) is 0 Å². The van der Waals surface area contributed by atoms with Gasteiger partial charge in [-0.1, -0.05) is 13.8 Å². The maximum Gasteiger partial charge on any atom is 0.0538 e. The number of nitrogens with zero attached hydrogens (tertiary/aromatic N) is 3. The number of hydrogen-bond acceptors (Lipinski definition) is 3. The summed E-state index contributed by atoms with van der Waals surface area (Å²) in [5.41, 5.74) is 7.29. The summed E-state index contributed by atoms with van der Waals surface area (Å²) in [4.78, 5) is 2.58. The van der Waals surface area contributed by atoms with Gasteiger partial charge in [-0.25, -0.2) is 0 Å². The van der Waals surface area contributed by atoms with E-state index >= 15 is 0 Å². The first-order valence-corrected chi connectivity index (χ1v) is 7.28. The van der Waals surface area contributed by atoms with Gasteiger partial charge in [0, 0.05) is 30.9 Å². The second kappa shape index (κ2) is 6.34. The minimum absolute atomic E-state index is 0.350. The molecule has 2 heterocycles. The van der Waals surface area contributed by atoms with E-state index in [9.17, 15) is 0 Å². The highest BCUT2D eigenvalue weighted by molar-refractivity contribution is 5.12. The van der Waals surface area contributed by atoms with Crippen molar-refractivity contribution >= 4 is 0 Å². The molecule has 1 saturated heterocycles. The predicted octanol–water partition coefficient (Wildman–Crippen LogP) is 2.17. The lowest BCUT2D eigenvalue weighted by molar-refractivity contribution is 0.180. The Morgan fingerprint density at radius 3 is 3.00 bits per heavy atom. The molecule has 2 atom stereocenters. The molecule has 0 bridgehead atoms. The van der Waals surface area contributed by atoms with E-state index in [-0.39, 0.29) is 0 Å². The van der Waals surface area contributed by atoms with E-state index in [1.165, 1.54) is 31.4 Å². The third kappa shape index (κ3) is 2.75. The monoisotopic (exact) mass is 250 g/mol. The minimum Gasteiger partial charge on any atom is -0.329 e. The molecule has 4 heteroatoms. The summed E-state index contributed by atoms with van der Waals surface area (Å²) in [6.45, 7) is 7.31. The number of aryl methyl sites for hydroxylation is 1. The molecule has 1 aliphatic heterocycles. The van der Waals surface area contributed by atoms with Crippen LogP contribution in [0.4, 0.5) is 0 Å². The smallest absolute Gasteiger partial charge is 0.0538 e. The van der Waals surface area contributed by atoms with Gasteiger partial charge in [-0.15, -0.1) is 0 Å². The number of aromatic nitrogens is 2. The highest BCUT2D eigenvalue weighted by Crippen LogP contribution is 2.30. The molecule has 4 nitrogen and oxygen atoms in total. The van der Waals surface area contributed by atoms with Crippen molar-refractivity contribution in [3.05, 3.63) is 18.0 Å². The van der Waals surface area contributed by atoms with Gasteiger partial charge in [0.05, 0.1) is 12.2 Å². The van der Waals surface area contributed by atoms with Crippen molar-refractivity contribution in [3.63, 3.8) is 0 Å². The van der Waals surface area contributed by atoms with Crippen LogP contribution in [0, 0.1) is 0 Å². The second-order valence-electron chi connectivity index (χ2n) is 5.23. The van der Waals surface area contributed by atoms with E-state index < -0.39 is 0 Å². The summed E-state index contributed by atoms with van der Waals surface area (Å²) in [6, 6.07) is 1.05. The third-order valence-electron chi connectivity index (χ3n) is 4.01. The van der Waals surface area contributed by atoms with Crippen molar-refractivity contribution in [1.82, 2.24) is 14.7 Å². The van der Waals surface area contributed by atoms with Crippen LogP contribution >= 0.6 is 0 Å². The van der Waals surface area contributed by atoms with Crippen LogP contribution in [0.1, 0.15) is 51.1 Å². The average molecular weight is 250 g/mol. The Morgan fingerprint density at radius 2 is 2.33 bits per heavy atom. The number of nitrogens with two attached hydrogens (primary N) is 1. The Labute approximate surface area is 110 Å². The van der Waals surface area contributed by atoms with E-state index in [4.69, 9.17) is 5.73 Å². The molecule has 0 saturated carbocycles. The van der Waals surface area contributed by atoms with Crippen molar-refractivity contribution < 1.29 is 0 Å². The van der Waals surface area contributed by atoms with Gasteiger partial charge < -0.3 is 5.73 Å². The fraction of sp³-hybridized carbons (Fsp3) is 0.786. The van der Waals surface area contributed by atoms with Crippen LogP contribution in [-0.2, 0) is 6.54 Å². The Bertz CT molecular complexity index is 360. The molecule has 1 aromatic rings. The first-order chi connectivity index (χ1) is 8.80. The predicted molar refractivity (Wildman–Crippen MR) is 74.3 cm³/mol. The van der Waals surface area contributed by atoms with Crippen LogP contribution in [0.2, 0.25) is 0 Å². The molecular weight excluding hydrogens is 224 g/mol. The van der Waals surface area contributed by atoms with E-state index in [0.29, 0.717) is 18.6 Å². The van der Waals surface area contributed by atoms with E-state index in [0.717, 1.165) is 13.0 Å². The zero-order chi connectivity index (χ0) is 13.0. The number of likely N-dealkylation sites (tertiary alicyclic amines) is 1. The largest absolute Gasteiger partial charge is 0.329 e. The zero-order valence-corrected chi connectivity index (χ0v) is 11.7. The highest BCUT2D eigenvalue weighted by Gasteiger charge is 2.30. The number of rotatable bonds is 6. The standard InChI is InChI=1S/C14H26N4/c1-3-7-17-11-12(10-16-17)14(9-15)18-8-5-6-13(18)4-2/h10-11,13-14H,3-9,15H2,1-2H3. The molecule has 0 aliphatic carbocycles. The Balaban J connectivity index is 2.11. The Kier molecular flexibility index (Phi) is 4.78. The van der Waals surface area contributed by atoms with Gasteiger partial charge in [-0.05, 0) is 32.2 Å². The van der Waals surface area contributed by atoms with Crippen LogP contribution in [0.3, 0.4) is 0 Å². The second-order valence-corrected chi connectivity index (χ2v) is 5.23. The Morgan fingerprint density at radius 1 is 1.50 bits per heavy atom. The molecule has 1 fully saturated rings. The van der Waals surface area contributed by atoms with Crippen LogP contribution in [-0.4, -0.2) is 33.8 Å². The topological polar surface area (TPSA) is 47.1 Å². The SMILES string of the molecule is CCCn1cc(C(CN)N2CCCC2CC)cn1. The van der Waals surface area contributed by atoms with Crippen LogP contribution in [0.5, 0.6) is 0 Å². The third-order valence-corrected chi connectivity index (χ3v) is 4.01.